The van der Waals surface area contributed by atoms with Gasteiger partial charge in [-0.1, -0.05) is 13.0 Å². The Kier molecular flexibility index (Phi) is 3.77. The highest BCUT2D eigenvalue weighted by Crippen LogP contribution is 2.39. The summed E-state index contributed by atoms with van der Waals surface area (Å²) in [4.78, 5) is 1.15. The Labute approximate surface area is 117 Å². The molecular formula is C15H16N2OS. The molecule has 0 atom stereocenters. The monoisotopic (exact) mass is 272 g/mol. The highest BCUT2D eigenvalue weighted by atomic mass is 32.1. The lowest BCUT2D eigenvalue weighted by Crippen LogP contribution is -1.91. The molecular weight excluding hydrogens is 256 g/mol. The van der Waals surface area contributed by atoms with E-state index >= 15 is 0 Å². The molecule has 0 aliphatic heterocycles. The van der Waals surface area contributed by atoms with Gasteiger partial charge in [-0.25, -0.2) is 0 Å². The van der Waals surface area contributed by atoms with Crippen molar-refractivity contribution in [3.8, 4) is 22.9 Å². The van der Waals surface area contributed by atoms with Gasteiger partial charge in [-0.15, -0.1) is 11.3 Å². The van der Waals surface area contributed by atoms with Gasteiger partial charge >= 0.3 is 0 Å². The number of nitrogen functional groups attached to an aromatic ring is 1. The number of nitrogens with two attached hydrogens (primary N) is 1. The van der Waals surface area contributed by atoms with E-state index < -0.39 is 0 Å². The molecule has 3 nitrogen and oxygen atoms in total. The van der Waals surface area contributed by atoms with Crippen LogP contribution in [0.3, 0.4) is 0 Å². The average molecular weight is 272 g/mol. The minimum absolute atomic E-state index is 0.589. The van der Waals surface area contributed by atoms with Crippen LogP contribution in [0.2, 0.25) is 0 Å². The summed E-state index contributed by atoms with van der Waals surface area (Å²) >= 11 is 1.50. The van der Waals surface area contributed by atoms with Crippen molar-refractivity contribution in [2.24, 2.45) is 0 Å². The van der Waals surface area contributed by atoms with Crippen molar-refractivity contribution in [1.82, 2.24) is 0 Å². The third-order valence-corrected chi connectivity index (χ3v) is 4.29. The number of nitrogens with zero attached hydrogens (tertiary/aromatic N) is 1. The summed E-state index contributed by atoms with van der Waals surface area (Å²) < 4.78 is 5.27. The molecule has 1 aromatic carbocycles. The Morgan fingerprint density at radius 1 is 1.42 bits per heavy atom. The molecule has 0 bridgehead atoms. The summed E-state index contributed by atoms with van der Waals surface area (Å²) in [6, 6.07) is 8.17. The van der Waals surface area contributed by atoms with Crippen molar-refractivity contribution in [1.29, 1.82) is 5.26 Å². The topological polar surface area (TPSA) is 59.0 Å². The summed E-state index contributed by atoms with van der Waals surface area (Å²) in [5.74, 6) is 0.850. The summed E-state index contributed by atoms with van der Waals surface area (Å²) in [5, 5.41) is 9.89. The Hall–Kier alpha value is -1.99. The van der Waals surface area contributed by atoms with Gasteiger partial charge in [0.15, 0.2) is 0 Å². The number of anilines is 1. The maximum atomic E-state index is 9.29. The summed E-state index contributed by atoms with van der Waals surface area (Å²) in [6.45, 7) is 4.07. The third kappa shape index (κ3) is 2.29. The van der Waals surface area contributed by atoms with E-state index in [1.807, 2.05) is 25.1 Å². The standard InChI is InChI=1S/C15H16N2OS/c1-4-13-14(11(8-16)15(17)19-13)10-5-6-12(18-3)9(2)7-10/h5-7H,4,17H2,1-3H3. The number of hydrogen-bond acceptors (Lipinski definition) is 4. The maximum Gasteiger partial charge on any atom is 0.121 e. The fourth-order valence-electron chi connectivity index (χ4n) is 2.20. The molecule has 19 heavy (non-hydrogen) atoms. The van der Waals surface area contributed by atoms with Crippen molar-refractivity contribution in [3.63, 3.8) is 0 Å². The first-order chi connectivity index (χ1) is 9.12. The number of methoxy groups -OCH3 is 1. The van der Waals surface area contributed by atoms with E-state index in [-0.39, 0.29) is 0 Å². The normalized spacial score (nSPS) is 10.2. The number of nitriles is 1. The quantitative estimate of drug-likeness (QED) is 0.925. The Morgan fingerprint density at radius 2 is 2.16 bits per heavy atom. The van der Waals surface area contributed by atoms with E-state index in [9.17, 15) is 5.26 Å². The van der Waals surface area contributed by atoms with Crippen LogP contribution in [-0.2, 0) is 6.42 Å². The molecule has 0 unspecified atom stereocenters. The number of thiophene rings is 1. The maximum absolute atomic E-state index is 9.29. The molecule has 4 heteroatoms. The second-order valence-electron chi connectivity index (χ2n) is 4.29. The van der Waals surface area contributed by atoms with Gasteiger partial charge in [-0.05, 0) is 36.6 Å². The number of benzene rings is 1. The summed E-state index contributed by atoms with van der Waals surface area (Å²) in [7, 11) is 1.66. The lowest BCUT2D eigenvalue weighted by molar-refractivity contribution is 0.412. The van der Waals surface area contributed by atoms with Crippen molar-refractivity contribution < 1.29 is 4.74 Å². The summed E-state index contributed by atoms with van der Waals surface area (Å²) in [5.41, 5.74) is 9.57. The smallest absolute Gasteiger partial charge is 0.121 e. The highest BCUT2D eigenvalue weighted by molar-refractivity contribution is 7.16. The van der Waals surface area contributed by atoms with Crippen molar-refractivity contribution >= 4 is 16.3 Å². The van der Waals surface area contributed by atoms with Gasteiger partial charge in [0.1, 0.15) is 16.8 Å². The fraction of sp³-hybridized carbons (Fsp3) is 0.267. The molecule has 0 saturated carbocycles. The first-order valence-electron chi connectivity index (χ1n) is 6.08. The largest absolute Gasteiger partial charge is 0.496 e. The number of hydrogen-bond donors (Lipinski definition) is 1. The van der Waals surface area contributed by atoms with Crippen LogP contribution in [0.1, 0.15) is 22.9 Å². The van der Waals surface area contributed by atoms with Crippen LogP contribution in [0.5, 0.6) is 5.75 Å². The molecule has 0 amide bonds. The lowest BCUT2D eigenvalue weighted by Gasteiger charge is -2.08. The molecule has 2 aromatic rings. The molecule has 0 aliphatic carbocycles. The predicted octanol–water partition coefficient (Wildman–Crippen LogP) is 3.75. The van der Waals surface area contributed by atoms with Gasteiger partial charge in [0.05, 0.1) is 12.7 Å². The molecule has 2 N–H and O–H groups in total. The molecule has 0 aliphatic rings. The van der Waals surface area contributed by atoms with Crippen LogP contribution < -0.4 is 10.5 Å². The van der Waals surface area contributed by atoms with Gasteiger partial charge in [0.2, 0.25) is 0 Å². The molecule has 0 radical (unpaired) electrons. The zero-order valence-electron chi connectivity index (χ0n) is 11.3. The second kappa shape index (κ2) is 5.33. The van der Waals surface area contributed by atoms with Crippen LogP contribution in [-0.4, -0.2) is 7.11 Å². The zero-order valence-corrected chi connectivity index (χ0v) is 12.1. The van der Waals surface area contributed by atoms with Crippen molar-refractivity contribution in [3.05, 3.63) is 34.2 Å². The number of aryl methyl sites for hydroxylation is 2. The van der Waals surface area contributed by atoms with Crippen molar-refractivity contribution in [2.75, 3.05) is 12.8 Å². The van der Waals surface area contributed by atoms with Gasteiger partial charge in [0.25, 0.3) is 0 Å². The van der Waals surface area contributed by atoms with E-state index in [1.165, 1.54) is 11.3 Å². The molecule has 1 heterocycles. The second-order valence-corrected chi connectivity index (χ2v) is 5.43. The van der Waals surface area contributed by atoms with Crippen LogP contribution in [0, 0.1) is 18.3 Å². The Morgan fingerprint density at radius 3 is 2.68 bits per heavy atom. The van der Waals surface area contributed by atoms with E-state index in [0.717, 1.165) is 33.7 Å². The highest BCUT2D eigenvalue weighted by Gasteiger charge is 2.17. The first-order valence-corrected chi connectivity index (χ1v) is 6.90. The predicted molar refractivity (Wildman–Crippen MR) is 79.5 cm³/mol. The van der Waals surface area contributed by atoms with E-state index in [2.05, 4.69) is 13.0 Å². The van der Waals surface area contributed by atoms with Crippen LogP contribution in [0.15, 0.2) is 18.2 Å². The fourth-order valence-corrected chi connectivity index (χ4v) is 3.18. The SMILES string of the molecule is CCc1sc(N)c(C#N)c1-c1ccc(OC)c(C)c1. The van der Waals surface area contributed by atoms with Gasteiger partial charge in [0, 0.05) is 10.4 Å². The van der Waals surface area contributed by atoms with E-state index in [0.29, 0.717) is 10.6 Å². The van der Waals surface area contributed by atoms with Crippen molar-refractivity contribution in [2.45, 2.75) is 20.3 Å². The minimum Gasteiger partial charge on any atom is -0.496 e. The number of ether oxygens (including phenoxy) is 1. The van der Waals surface area contributed by atoms with Gasteiger partial charge < -0.3 is 10.5 Å². The Balaban J connectivity index is 2.65. The van der Waals surface area contributed by atoms with E-state index in [4.69, 9.17) is 10.5 Å². The number of rotatable bonds is 3. The third-order valence-electron chi connectivity index (χ3n) is 3.12. The van der Waals surface area contributed by atoms with Crippen LogP contribution >= 0.6 is 11.3 Å². The summed E-state index contributed by atoms with van der Waals surface area (Å²) in [6.07, 6.45) is 0.872. The molecule has 0 saturated heterocycles. The van der Waals surface area contributed by atoms with Crippen LogP contribution in [0.25, 0.3) is 11.1 Å². The van der Waals surface area contributed by atoms with Gasteiger partial charge in [-0.3, -0.25) is 0 Å². The molecule has 0 fully saturated rings. The molecule has 2 rings (SSSR count). The molecule has 98 valence electrons. The Bertz CT molecular complexity index is 653. The van der Waals surface area contributed by atoms with Crippen LogP contribution in [0.4, 0.5) is 5.00 Å². The minimum atomic E-state index is 0.589. The average Bonchev–Trinajstić information content (AvgIpc) is 2.74. The van der Waals surface area contributed by atoms with Gasteiger partial charge in [-0.2, -0.15) is 5.26 Å². The molecule has 0 spiro atoms. The zero-order chi connectivity index (χ0) is 14.0. The first kappa shape index (κ1) is 13.4. The molecule has 1 aromatic heterocycles. The lowest BCUT2D eigenvalue weighted by atomic mass is 9.99. The van der Waals surface area contributed by atoms with E-state index in [1.54, 1.807) is 7.11 Å².